The summed E-state index contributed by atoms with van der Waals surface area (Å²) in [5.74, 6) is 1.38. The SMILES string of the molecule is O=C(O)N1[C@@H]2CC[C@H]1CC(COc1ccccc1)C2. The molecule has 3 rings (SSSR count). The van der Waals surface area contributed by atoms with Crippen LogP contribution in [0.3, 0.4) is 0 Å². The number of hydrogen-bond acceptors (Lipinski definition) is 2. The van der Waals surface area contributed by atoms with Crippen molar-refractivity contribution in [3.8, 4) is 5.75 Å². The molecule has 1 aromatic rings. The third-order valence-corrected chi connectivity index (χ3v) is 4.28. The number of carbonyl (C=O) groups is 1. The highest BCUT2D eigenvalue weighted by atomic mass is 16.5. The zero-order chi connectivity index (χ0) is 13.2. The molecule has 2 bridgehead atoms. The van der Waals surface area contributed by atoms with Gasteiger partial charge in [0.2, 0.25) is 0 Å². The van der Waals surface area contributed by atoms with Gasteiger partial charge in [-0.05, 0) is 43.7 Å². The molecular formula is C15H19NO3. The van der Waals surface area contributed by atoms with Crippen LogP contribution in [0.1, 0.15) is 25.7 Å². The van der Waals surface area contributed by atoms with Crippen molar-refractivity contribution < 1.29 is 14.6 Å². The molecule has 2 saturated heterocycles. The van der Waals surface area contributed by atoms with Crippen LogP contribution in [-0.2, 0) is 0 Å². The molecule has 1 amide bonds. The number of nitrogens with zero attached hydrogens (tertiary/aromatic N) is 1. The topological polar surface area (TPSA) is 49.8 Å². The summed E-state index contributed by atoms with van der Waals surface area (Å²) in [6.07, 6.45) is 3.15. The van der Waals surface area contributed by atoms with E-state index in [1.54, 1.807) is 4.90 Å². The number of fused-ring (bicyclic) bond motifs is 2. The normalized spacial score (nSPS) is 29.3. The molecule has 2 heterocycles. The smallest absolute Gasteiger partial charge is 0.407 e. The quantitative estimate of drug-likeness (QED) is 0.910. The van der Waals surface area contributed by atoms with Crippen molar-refractivity contribution in [2.75, 3.05) is 6.61 Å². The molecule has 19 heavy (non-hydrogen) atoms. The largest absolute Gasteiger partial charge is 0.493 e. The fourth-order valence-corrected chi connectivity index (χ4v) is 3.47. The number of benzene rings is 1. The van der Waals surface area contributed by atoms with Gasteiger partial charge in [-0.25, -0.2) is 4.79 Å². The Hall–Kier alpha value is -1.71. The van der Waals surface area contributed by atoms with E-state index in [2.05, 4.69) is 0 Å². The predicted octanol–water partition coefficient (Wildman–Crippen LogP) is 2.99. The second kappa shape index (κ2) is 5.11. The van der Waals surface area contributed by atoms with Crippen molar-refractivity contribution in [2.45, 2.75) is 37.8 Å². The maximum atomic E-state index is 11.2. The number of hydrogen-bond donors (Lipinski definition) is 1. The number of para-hydroxylation sites is 1. The van der Waals surface area contributed by atoms with Gasteiger partial charge in [-0.3, -0.25) is 0 Å². The summed E-state index contributed by atoms with van der Waals surface area (Å²) in [6, 6.07) is 10.2. The summed E-state index contributed by atoms with van der Waals surface area (Å²) in [4.78, 5) is 12.9. The zero-order valence-corrected chi connectivity index (χ0v) is 10.9. The van der Waals surface area contributed by atoms with Gasteiger partial charge in [0.15, 0.2) is 0 Å². The van der Waals surface area contributed by atoms with E-state index in [0.717, 1.165) is 31.4 Å². The monoisotopic (exact) mass is 261 g/mol. The molecule has 1 N–H and O–H groups in total. The van der Waals surface area contributed by atoms with E-state index in [9.17, 15) is 9.90 Å². The second-order valence-electron chi connectivity index (χ2n) is 5.54. The van der Waals surface area contributed by atoms with Gasteiger partial charge >= 0.3 is 6.09 Å². The molecule has 2 aliphatic heterocycles. The maximum absolute atomic E-state index is 11.2. The molecule has 2 fully saturated rings. The Morgan fingerprint density at radius 1 is 1.21 bits per heavy atom. The average Bonchev–Trinajstić information content (AvgIpc) is 2.70. The third kappa shape index (κ3) is 2.53. The highest BCUT2D eigenvalue weighted by Crippen LogP contribution is 2.38. The van der Waals surface area contributed by atoms with Crippen LogP contribution in [0.5, 0.6) is 5.75 Å². The average molecular weight is 261 g/mol. The molecule has 4 heteroatoms. The molecule has 0 saturated carbocycles. The van der Waals surface area contributed by atoms with Gasteiger partial charge < -0.3 is 14.7 Å². The lowest BCUT2D eigenvalue weighted by molar-refractivity contribution is 0.0713. The van der Waals surface area contributed by atoms with E-state index >= 15 is 0 Å². The number of rotatable bonds is 3. The lowest BCUT2D eigenvalue weighted by Crippen LogP contribution is -2.46. The minimum Gasteiger partial charge on any atom is -0.493 e. The van der Waals surface area contributed by atoms with Crippen molar-refractivity contribution >= 4 is 6.09 Å². The van der Waals surface area contributed by atoms with Crippen LogP contribution >= 0.6 is 0 Å². The first-order valence-electron chi connectivity index (χ1n) is 6.93. The minimum absolute atomic E-state index is 0.209. The van der Waals surface area contributed by atoms with Gasteiger partial charge in [0, 0.05) is 12.1 Å². The van der Waals surface area contributed by atoms with Gasteiger partial charge in [0.05, 0.1) is 6.61 Å². The van der Waals surface area contributed by atoms with Crippen LogP contribution in [0, 0.1) is 5.92 Å². The Morgan fingerprint density at radius 2 is 1.84 bits per heavy atom. The third-order valence-electron chi connectivity index (χ3n) is 4.28. The Bertz CT molecular complexity index is 434. The van der Waals surface area contributed by atoms with Crippen LogP contribution in [0.15, 0.2) is 30.3 Å². The maximum Gasteiger partial charge on any atom is 0.407 e. The van der Waals surface area contributed by atoms with E-state index in [-0.39, 0.29) is 12.1 Å². The van der Waals surface area contributed by atoms with E-state index in [1.807, 2.05) is 30.3 Å². The van der Waals surface area contributed by atoms with Crippen LogP contribution in [-0.4, -0.2) is 34.8 Å². The molecular weight excluding hydrogens is 242 g/mol. The summed E-state index contributed by atoms with van der Waals surface area (Å²) < 4.78 is 5.80. The van der Waals surface area contributed by atoms with Crippen LogP contribution in [0.25, 0.3) is 0 Å². The number of piperidine rings is 1. The second-order valence-corrected chi connectivity index (χ2v) is 5.54. The van der Waals surface area contributed by atoms with E-state index in [4.69, 9.17) is 4.74 Å². The van der Waals surface area contributed by atoms with Crippen molar-refractivity contribution in [3.05, 3.63) is 30.3 Å². The van der Waals surface area contributed by atoms with Gasteiger partial charge in [0.1, 0.15) is 5.75 Å². The van der Waals surface area contributed by atoms with E-state index < -0.39 is 6.09 Å². The number of carboxylic acid groups (broad SMARTS) is 1. The van der Waals surface area contributed by atoms with E-state index in [0.29, 0.717) is 12.5 Å². The Labute approximate surface area is 113 Å². The summed E-state index contributed by atoms with van der Waals surface area (Å²) in [6.45, 7) is 0.699. The van der Waals surface area contributed by atoms with Crippen molar-refractivity contribution in [2.24, 2.45) is 5.92 Å². The molecule has 0 aromatic heterocycles. The molecule has 2 aliphatic rings. The molecule has 1 unspecified atom stereocenters. The Morgan fingerprint density at radius 3 is 2.42 bits per heavy atom. The Kier molecular flexibility index (Phi) is 3.32. The fraction of sp³-hybridized carbons (Fsp3) is 0.533. The summed E-state index contributed by atoms with van der Waals surface area (Å²) in [5.41, 5.74) is 0. The molecule has 3 atom stereocenters. The molecule has 102 valence electrons. The first kappa shape index (κ1) is 12.3. The molecule has 0 aliphatic carbocycles. The Balaban J connectivity index is 1.57. The van der Waals surface area contributed by atoms with Crippen LogP contribution < -0.4 is 4.74 Å². The van der Waals surface area contributed by atoms with Crippen molar-refractivity contribution in [3.63, 3.8) is 0 Å². The minimum atomic E-state index is -0.755. The fourth-order valence-electron chi connectivity index (χ4n) is 3.47. The summed E-state index contributed by atoms with van der Waals surface area (Å²) in [7, 11) is 0. The first-order chi connectivity index (χ1) is 9.24. The predicted molar refractivity (Wildman–Crippen MR) is 71.3 cm³/mol. The number of ether oxygens (including phenoxy) is 1. The van der Waals surface area contributed by atoms with Gasteiger partial charge in [-0.15, -0.1) is 0 Å². The summed E-state index contributed by atoms with van der Waals surface area (Å²) >= 11 is 0. The van der Waals surface area contributed by atoms with Crippen LogP contribution in [0.4, 0.5) is 4.79 Å². The lowest BCUT2D eigenvalue weighted by atomic mass is 9.92. The molecule has 4 nitrogen and oxygen atoms in total. The standard InChI is InChI=1S/C15H19NO3/c17-15(18)16-12-6-7-13(16)9-11(8-12)10-19-14-4-2-1-3-5-14/h1-5,11-13H,6-10H2,(H,17,18)/t11?,12-,13+. The lowest BCUT2D eigenvalue weighted by Gasteiger charge is -2.36. The van der Waals surface area contributed by atoms with Gasteiger partial charge in [-0.2, -0.15) is 0 Å². The van der Waals surface area contributed by atoms with Crippen LogP contribution in [0.2, 0.25) is 0 Å². The summed E-state index contributed by atoms with van der Waals surface area (Å²) in [5, 5.41) is 9.21. The first-order valence-corrected chi connectivity index (χ1v) is 6.93. The van der Waals surface area contributed by atoms with Crippen molar-refractivity contribution in [1.29, 1.82) is 0 Å². The molecule has 0 spiro atoms. The molecule has 0 radical (unpaired) electrons. The van der Waals surface area contributed by atoms with Crippen molar-refractivity contribution in [1.82, 2.24) is 4.90 Å². The van der Waals surface area contributed by atoms with E-state index in [1.165, 1.54) is 0 Å². The van der Waals surface area contributed by atoms with Gasteiger partial charge in [-0.1, -0.05) is 18.2 Å². The molecule has 1 aromatic carbocycles. The van der Waals surface area contributed by atoms with Gasteiger partial charge in [0.25, 0.3) is 0 Å². The zero-order valence-electron chi connectivity index (χ0n) is 10.9. The number of amides is 1. The highest BCUT2D eigenvalue weighted by molar-refractivity contribution is 5.66. The highest BCUT2D eigenvalue weighted by Gasteiger charge is 2.43.